The van der Waals surface area contributed by atoms with Crippen LogP contribution in [0.1, 0.15) is 25.5 Å². The third kappa shape index (κ3) is 6.19. The monoisotopic (exact) mass is 281 g/mol. The second-order valence-electron chi connectivity index (χ2n) is 4.58. The van der Waals surface area contributed by atoms with Gasteiger partial charge in [0.2, 0.25) is 0 Å². The lowest BCUT2D eigenvalue weighted by Crippen LogP contribution is -2.91. The van der Waals surface area contributed by atoms with Gasteiger partial charge in [-0.3, -0.25) is 0 Å². The lowest BCUT2D eigenvalue weighted by atomic mass is 10.2. The molecule has 1 aromatic rings. The molecule has 0 aliphatic rings. The number of carboxylic acid groups (broad SMARTS) is 1. The number of carbonyl (C=O) groups is 2. The summed E-state index contributed by atoms with van der Waals surface area (Å²) in [6, 6.07) is 2.64. The molecular formula is C14H19NO5. The minimum Gasteiger partial charge on any atom is -0.550 e. The Balaban J connectivity index is 2.47. The third-order valence-electron chi connectivity index (χ3n) is 2.65. The van der Waals surface area contributed by atoms with E-state index in [1.165, 1.54) is 6.26 Å². The molecule has 1 aromatic heterocycles. The van der Waals surface area contributed by atoms with E-state index in [1.54, 1.807) is 17.4 Å². The summed E-state index contributed by atoms with van der Waals surface area (Å²) in [6.07, 6.45) is 1.68. The molecule has 0 radical (unpaired) electrons. The van der Waals surface area contributed by atoms with Gasteiger partial charge >= 0.3 is 5.97 Å². The zero-order valence-electron chi connectivity index (χ0n) is 11.5. The van der Waals surface area contributed by atoms with Crippen molar-refractivity contribution in [3.63, 3.8) is 0 Å². The van der Waals surface area contributed by atoms with E-state index in [-0.39, 0.29) is 6.61 Å². The van der Waals surface area contributed by atoms with Crippen LogP contribution in [0.2, 0.25) is 0 Å². The summed E-state index contributed by atoms with van der Waals surface area (Å²) in [4.78, 5) is 22.5. The van der Waals surface area contributed by atoms with Crippen LogP contribution in [0.4, 0.5) is 0 Å². The van der Waals surface area contributed by atoms with Gasteiger partial charge in [-0.05, 0) is 19.1 Å². The molecule has 0 saturated carbocycles. The molecule has 0 aliphatic heterocycles. The third-order valence-corrected chi connectivity index (χ3v) is 2.65. The van der Waals surface area contributed by atoms with E-state index in [2.05, 4.69) is 6.58 Å². The molecule has 2 N–H and O–H groups in total. The predicted octanol–water partition coefficient (Wildman–Crippen LogP) is -0.639. The van der Waals surface area contributed by atoms with Crippen LogP contribution in [-0.2, 0) is 20.9 Å². The Labute approximate surface area is 117 Å². The lowest BCUT2D eigenvalue weighted by Gasteiger charge is -2.14. The molecule has 1 atom stereocenters. The molecule has 0 fully saturated rings. The van der Waals surface area contributed by atoms with Crippen LogP contribution in [0.5, 0.6) is 0 Å². The summed E-state index contributed by atoms with van der Waals surface area (Å²) in [5.74, 6) is -1.20. The molecule has 0 aliphatic carbocycles. The van der Waals surface area contributed by atoms with Crippen LogP contribution in [-0.4, -0.2) is 24.6 Å². The standard InChI is InChI=1S/C14H19NO5/c1-10(2)5-7-20-14(18)12(8-13(16)17)15-9-11-4-3-6-19-11/h3-4,6,12,15H,1,5,7-9H2,2H3,(H,16,17)/t12-/m0/s1. The zero-order valence-corrected chi connectivity index (χ0v) is 11.5. The fourth-order valence-electron chi connectivity index (χ4n) is 1.56. The molecule has 1 heterocycles. The zero-order chi connectivity index (χ0) is 15.0. The molecule has 110 valence electrons. The van der Waals surface area contributed by atoms with Crippen molar-refractivity contribution >= 4 is 11.9 Å². The normalized spacial score (nSPS) is 11.8. The van der Waals surface area contributed by atoms with Crippen LogP contribution in [0.25, 0.3) is 0 Å². The second kappa shape index (κ2) is 8.16. The number of esters is 1. The SMILES string of the molecule is C=C(C)CCOC(=O)[C@H](CC(=O)[O-])[NH2+]Cc1ccco1. The molecule has 6 nitrogen and oxygen atoms in total. The molecule has 0 saturated heterocycles. The largest absolute Gasteiger partial charge is 0.550 e. The first-order valence-electron chi connectivity index (χ1n) is 6.35. The molecule has 6 heteroatoms. The molecule has 20 heavy (non-hydrogen) atoms. The highest BCUT2D eigenvalue weighted by Crippen LogP contribution is 1.99. The Hall–Kier alpha value is -2.08. The van der Waals surface area contributed by atoms with Crippen LogP contribution in [0, 0.1) is 0 Å². The fourth-order valence-corrected chi connectivity index (χ4v) is 1.56. The number of furan rings is 1. The van der Waals surface area contributed by atoms with Gasteiger partial charge in [-0.2, -0.15) is 0 Å². The maximum Gasteiger partial charge on any atom is 0.365 e. The van der Waals surface area contributed by atoms with E-state index in [0.717, 1.165) is 5.57 Å². The first-order valence-corrected chi connectivity index (χ1v) is 6.35. The number of rotatable bonds is 9. The molecule has 0 unspecified atom stereocenters. The van der Waals surface area contributed by atoms with E-state index in [9.17, 15) is 14.7 Å². The highest BCUT2D eigenvalue weighted by Gasteiger charge is 2.24. The van der Waals surface area contributed by atoms with Gasteiger partial charge in [0, 0.05) is 12.4 Å². The summed E-state index contributed by atoms with van der Waals surface area (Å²) in [5, 5.41) is 12.2. The van der Waals surface area contributed by atoms with Gasteiger partial charge in [-0.1, -0.05) is 5.57 Å². The number of carbonyl (C=O) groups excluding carboxylic acids is 2. The number of hydrogen-bond donors (Lipinski definition) is 1. The van der Waals surface area contributed by atoms with E-state index >= 15 is 0 Å². The van der Waals surface area contributed by atoms with Crippen molar-refractivity contribution < 1.29 is 29.2 Å². The Morgan fingerprint density at radius 1 is 1.55 bits per heavy atom. The highest BCUT2D eigenvalue weighted by atomic mass is 16.5. The van der Waals surface area contributed by atoms with Crippen molar-refractivity contribution in [3.8, 4) is 0 Å². The van der Waals surface area contributed by atoms with Crippen molar-refractivity contribution in [1.29, 1.82) is 0 Å². The highest BCUT2D eigenvalue weighted by molar-refractivity contribution is 5.79. The van der Waals surface area contributed by atoms with Gasteiger partial charge < -0.3 is 24.4 Å². The average molecular weight is 281 g/mol. The van der Waals surface area contributed by atoms with Gasteiger partial charge in [-0.15, -0.1) is 6.58 Å². The summed E-state index contributed by atoms with van der Waals surface area (Å²) in [5.41, 5.74) is 0.897. The molecule has 0 aromatic carbocycles. The quantitative estimate of drug-likeness (QED) is 0.480. The molecular weight excluding hydrogens is 262 g/mol. The van der Waals surface area contributed by atoms with E-state index in [4.69, 9.17) is 9.15 Å². The summed E-state index contributed by atoms with van der Waals surface area (Å²) in [6.45, 7) is 6.09. The van der Waals surface area contributed by atoms with Crippen molar-refractivity contribution in [2.24, 2.45) is 0 Å². The van der Waals surface area contributed by atoms with Crippen molar-refractivity contribution in [2.75, 3.05) is 6.61 Å². The maximum absolute atomic E-state index is 11.8. The first-order chi connectivity index (χ1) is 9.49. The van der Waals surface area contributed by atoms with Gasteiger partial charge in [0.15, 0.2) is 11.8 Å². The van der Waals surface area contributed by atoms with Crippen LogP contribution >= 0.6 is 0 Å². The minimum atomic E-state index is -1.29. The Kier molecular flexibility index (Phi) is 6.52. The van der Waals surface area contributed by atoms with Gasteiger partial charge in [-0.25, -0.2) is 4.79 Å². The smallest absolute Gasteiger partial charge is 0.365 e. The van der Waals surface area contributed by atoms with Crippen molar-refractivity contribution in [1.82, 2.24) is 0 Å². The number of hydrogen-bond acceptors (Lipinski definition) is 5. The van der Waals surface area contributed by atoms with Crippen molar-refractivity contribution in [3.05, 3.63) is 36.3 Å². The van der Waals surface area contributed by atoms with Gasteiger partial charge in [0.25, 0.3) is 0 Å². The molecule has 0 spiro atoms. The number of carboxylic acids is 1. The van der Waals surface area contributed by atoms with Crippen molar-refractivity contribution in [2.45, 2.75) is 32.4 Å². The summed E-state index contributed by atoms with van der Waals surface area (Å²) >= 11 is 0. The summed E-state index contributed by atoms with van der Waals surface area (Å²) in [7, 11) is 0. The minimum absolute atomic E-state index is 0.201. The number of aliphatic carboxylic acids is 1. The van der Waals surface area contributed by atoms with E-state index < -0.39 is 24.4 Å². The molecule has 1 rings (SSSR count). The van der Waals surface area contributed by atoms with Gasteiger partial charge in [0.05, 0.1) is 19.3 Å². The Morgan fingerprint density at radius 3 is 2.85 bits per heavy atom. The first kappa shape index (κ1) is 16.0. The topological polar surface area (TPSA) is 96.2 Å². The van der Waals surface area contributed by atoms with E-state index in [1.807, 2.05) is 6.92 Å². The van der Waals surface area contributed by atoms with Crippen LogP contribution in [0.3, 0.4) is 0 Å². The van der Waals surface area contributed by atoms with Crippen LogP contribution < -0.4 is 10.4 Å². The Morgan fingerprint density at radius 2 is 2.30 bits per heavy atom. The number of nitrogens with two attached hydrogens (primary N) is 1. The molecule has 0 bridgehead atoms. The fraction of sp³-hybridized carbons (Fsp3) is 0.429. The second-order valence-corrected chi connectivity index (χ2v) is 4.58. The summed E-state index contributed by atoms with van der Waals surface area (Å²) < 4.78 is 10.2. The average Bonchev–Trinajstić information content (AvgIpc) is 2.86. The Bertz CT molecular complexity index is 452. The van der Waals surface area contributed by atoms with E-state index in [0.29, 0.717) is 18.7 Å². The van der Waals surface area contributed by atoms with Crippen LogP contribution in [0.15, 0.2) is 35.0 Å². The number of quaternary nitrogens is 1. The van der Waals surface area contributed by atoms with Gasteiger partial charge in [0.1, 0.15) is 6.54 Å². The predicted molar refractivity (Wildman–Crippen MR) is 68.1 cm³/mol. The lowest BCUT2D eigenvalue weighted by molar-refractivity contribution is -0.694. The molecule has 0 amide bonds. The maximum atomic E-state index is 11.8. The number of ether oxygens (including phenoxy) is 1.